The summed E-state index contributed by atoms with van der Waals surface area (Å²) in [7, 11) is 0. The van der Waals surface area contributed by atoms with Gasteiger partial charge in [0.15, 0.2) is 5.82 Å². The molecular formula is C19H23Cl2N7S. The summed E-state index contributed by atoms with van der Waals surface area (Å²) in [6, 6.07) is 4.30. The topological polar surface area (TPSA) is 63.0 Å². The first-order valence-corrected chi connectivity index (χ1v) is 11.4. The lowest BCUT2D eigenvalue weighted by molar-refractivity contribution is 0.203. The Bertz CT molecular complexity index is 902. The van der Waals surface area contributed by atoms with Crippen LogP contribution < -0.4 is 4.90 Å². The van der Waals surface area contributed by atoms with Crippen LogP contribution in [-0.4, -0.2) is 56.3 Å². The minimum absolute atomic E-state index is 0.0485. The normalized spacial score (nSPS) is 16.3. The van der Waals surface area contributed by atoms with Crippen molar-refractivity contribution in [2.24, 2.45) is 0 Å². The lowest BCUT2D eigenvalue weighted by Gasteiger charge is -2.39. The van der Waals surface area contributed by atoms with Gasteiger partial charge in [-0.2, -0.15) is 0 Å². The Morgan fingerprint density at radius 1 is 1.14 bits per heavy atom. The van der Waals surface area contributed by atoms with Crippen LogP contribution in [0, 0.1) is 0 Å². The number of anilines is 1. The monoisotopic (exact) mass is 451 g/mol. The molecule has 1 aliphatic heterocycles. The predicted molar refractivity (Wildman–Crippen MR) is 117 cm³/mol. The number of piperazine rings is 1. The smallest absolute Gasteiger partial charge is 0.173 e. The first-order valence-electron chi connectivity index (χ1n) is 9.76. The molecule has 4 heterocycles. The first kappa shape index (κ1) is 20.5. The van der Waals surface area contributed by atoms with Crippen LogP contribution >= 0.6 is 34.5 Å². The van der Waals surface area contributed by atoms with Crippen molar-refractivity contribution < 1.29 is 0 Å². The molecule has 0 spiro atoms. The van der Waals surface area contributed by atoms with E-state index in [0.717, 1.165) is 57.1 Å². The highest BCUT2D eigenvalue weighted by atomic mass is 35.5. The molecule has 0 aromatic carbocycles. The van der Waals surface area contributed by atoms with Crippen molar-refractivity contribution in [3.8, 4) is 0 Å². The van der Waals surface area contributed by atoms with Gasteiger partial charge in [0.25, 0.3) is 0 Å². The summed E-state index contributed by atoms with van der Waals surface area (Å²) in [4.78, 5) is 9.99. The van der Waals surface area contributed by atoms with Crippen LogP contribution in [-0.2, 0) is 6.54 Å². The lowest BCUT2D eigenvalue weighted by atomic mass is 10.1. The molecule has 0 bridgehead atoms. The fraction of sp³-hybridized carbons (Fsp3) is 0.474. The number of pyridine rings is 1. The van der Waals surface area contributed by atoms with Crippen LogP contribution in [0.4, 0.5) is 5.69 Å². The molecule has 4 rings (SSSR count). The molecule has 1 unspecified atom stereocenters. The molecule has 1 atom stereocenters. The van der Waals surface area contributed by atoms with Crippen LogP contribution in [0.5, 0.6) is 0 Å². The molecule has 7 nitrogen and oxygen atoms in total. The maximum atomic E-state index is 6.36. The van der Waals surface area contributed by atoms with Gasteiger partial charge in [0.05, 0.1) is 15.7 Å². The molecule has 0 N–H and O–H groups in total. The highest BCUT2D eigenvalue weighted by Gasteiger charge is 2.32. The minimum Gasteiger partial charge on any atom is -0.366 e. The van der Waals surface area contributed by atoms with Crippen LogP contribution in [0.25, 0.3) is 0 Å². The molecule has 1 aliphatic rings. The van der Waals surface area contributed by atoms with Gasteiger partial charge in [-0.15, -0.1) is 16.4 Å². The van der Waals surface area contributed by atoms with Gasteiger partial charge in [0.2, 0.25) is 0 Å². The van der Waals surface area contributed by atoms with E-state index in [2.05, 4.69) is 54.7 Å². The van der Waals surface area contributed by atoms with Gasteiger partial charge in [0.1, 0.15) is 6.04 Å². The molecule has 154 valence electrons. The van der Waals surface area contributed by atoms with Crippen molar-refractivity contribution in [1.29, 1.82) is 0 Å². The van der Waals surface area contributed by atoms with Crippen LogP contribution in [0.1, 0.15) is 36.5 Å². The van der Waals surface area contributed by atoms with Crippen LogP contribution in [0.2, 0.25) is 10.0 Å². The molecular weight excluding hydrogens is 429 g/mol. The average Bonchev–Trinajstić information content (AvgIpc) is 3.40. The van der Waals surface area contributed by atoms with Crippen LogP contribution in [0.15, 0.2) is 29.9 Å². The van der Waals surface area contributed by atoms with Gasteiger partial charge in [-0.1, -0.05) is 42.6 Å². The van der Waals surface area contributed by atoms with Crippen molar-refractivity contribution in [1.82, 2.24) is 30.1 Å². The zero-order chi connectivity index (χ0) is 20.2. The third-order valence-electron chi connectivity index (χ3n) is 5.16. The number of unbranched alkanes of at least 4 members (excludes halogenated alkanes) is 1. The molecule has 0 amide bonds. The number of aromatic nitrogens is 5. The molecule has 0 radical (unpaired) electrons. The van der Waals surface area contributed by atoms with Gasteiger partial charge in [-0.3, -0.25) is 9.88 Å². The summed E-state index contributed by atoms with van der Waals surface area (Å²) < 4.78 is 1.96. The van der Waals surface area contributed by atoms with E-state index in [9.17, 15) is 0 Å². The maximum Gasteiger partial charge on any atom is 0.173 e. The largest absolute Gasteiger partial charge is 0.366 e. The number of tetrazole rings is 1. The van der Waals surface area contributed by atoms with E-state index < -0.39 is 0 Å². The quantitative estimate of drug-likeness (QED) is 0.537. The predicted octanol–water partition coefficient (Wildman–Crippen LogP) is 4.15. The number of hydrogen-bond acceptors (Lipinski definition) is 7. The maximum absolute atomic E-state index is 6.36. The Morgan fingerprint density at radius 2 is 1.90 bits per heavy atom. The third-order valence-corrected chi connectivity index (χ3v) is 6.64. The molecule has 3 aromatic heterocycles. The highest BCUT2D eigenvalue weighted by Crippen LogP contribution is 2.35. The average molecular weight is 452 g/mol. The summed E-state index contributed by atoms with van der Waals surface area (Å²) in [6.07, 6.45) is 5.45. The molecule has 10 heteroatoms. The van der Waals surface area contributed by atoms with Gasteiger partial charge < -0.3 is 4.90 Å². The number of thiophene rings is 1. The van der Waals surface area contributed by atoms with Gasteiger partial charge >= 0.3 is 0 Å². The van der Waals surface area contributed by atoms with Gasteiger partial charge in [-0.25, -0.2) is 4.68 Å². The van der Waals surface area contributed by atoms with Crippen molar-refractivity contribution in [3.05, 3.63) is 50.7 Å². The van der Waals surface area contributed by atoms with E-state index in [1.807, 2.05) is 4.68 Å². The van der Waals surface area contributed by atoms with Gasteiger partial charge in [-0.05, 0) is 28.3 Å². The molecule has 0 saturated carbocycles. The summed E-state index contributed by atoms with van der Waals surface area (Å²) in [6.45, 7) is 6.37. The van der Waals surface area contributed by atoms with E-state index >= 15 is 0 Å². The number of halogens is 2. The van der Waals surface area contributed by atoms with Crippen molar-refractivity contribution >= 4 is 40.2 Å². The van der Waals surface area contributed by atoms with E-state index in [4.69, 9.17) is 23.2 Å². The first-order chi connectivity index (χ1) is 14.2. The molecule has 1 saturated heterocycles. The fourth-order valence-corrected chi connectivity index (χ4v) is 5.16. The lowest BCUT2D eigenvalue weighted by Crippen LogP contribution is -2.48. The number of nitrogens with zero attached hydrogens (tertiary/aromatic N) is 7. The summed E-state index contributed by atoms with van der Waals surface area (Å²) in [5, 5.41) is 15.9. The summed E-state index contributed by atoms with van der Waals surface area (Å²) >= 11 is 14.5. The van der Waals surface area contributed by atoms with Gasteiger partial charge in [0, 0.05) is 50.0 Å². The summed E-state index contributed by atoms with van der Waals surface area (Å²) in [5.74, 6) is 0.911. The Labute approximate surface area is 184 Å². The Hall–Kier alpha value is -1.74. The van der Waals surface area contributed by atoms with E-state index in [1.54, 1.807) is 23.7 Å². The molecule has 3 aromatic rings. The second-order valence-corrected chi connectivity index (χ2v) is 8.80. The Morgan fingerprint density at radius 3 is 2.55 bits per heavy atom. The van der Waals surface area contributed by atoms with Crippen molar-refractivity contribution in [3.63, 3.8) is 0 Å². The Kier molecular flexibility index (Phi) is 6.64. The van der Waals surface area contributed by atoms with E-state index in [1.165, 1.54) is 4.88 Å². The zero-order valence-corrected chi connectivity index (χ0v) is 18.5. The molecule has 0 aliphatic carbocycles. The van der Waals surface area contributed by atoms with E-state index in [0.29, 0.717) is 10.0 Å². The Balaban J connectivity index is 1.56. The van der Waals surface area contributed by atoms with Crippen LogP contribution in [0.3, 0.4) is 0 Å². The zero-order valence-electron chi connectivity index (χ0n) is 16.2. The second-order valence-electron chi connectivity index (χ2n) is 7.01. The van der Waals surface area contributed by atoms with E-state index in [-0.39, 0.29) is 6.04 Å². The second kappa shape index (κ2) is 9.38. The third kappa shape index (κ3) is 4.40. The number of aryl methyl sites for hydroxylation is 1. The molecule has 1 fully saturated rings. The van der Waals surface area contributed by atoms with Crippen molar-refractivity contribution in [2.45, 2.75) is 32.4 Å². The SMILES string of the molecule is CCCCn1nnnc1C(c1cccs1)N1CCN(c2c(Cl)cncc2Cl)CC1. The fourth-order valence-electron chi connectivity index (χ4n) is 3.70. The minimum atomic E-state index is 0.0485. The number of rotatable bonds is 7. The summed E-state index contributed by atoms with van der Waals surface area (Å²) in [5.41, 5.74) is 0.864. The van der Waals surface area contributed by atoms with Crippen molar-refractivity contribution in [2.75, 3.05) is 31.1 Å². The number of hydrogen-bond donors (Lipinski definition) is 0. The molecule has 29 heavy (non-hydrogen) atoms. The standard InChI is InChI=1S/C19H23Cl2N7S/c1-2-3-6-28-19(23-24-25-28)18(16-5-4-11-29-16)27-9-7-26(8-10-27)17-14(20)12-22-13-15(17)21/h4-5,11-13,18H,2-3,6-10H2,1H3. The highest BCUT2D eigenvalue weighted by molar-refractivity contribution is 7.10.